The Balaban J connectivity index is 1.67. The molecule has 0 spiro atoms. The summed E-state index contributed by atoms with van der Waals surface area (Å²) in [4.78, 5) is 24.7. The Morgan fingerprint density at radius 2 is 1.92 bits per heavy atom. The van der Waals surface area contributed by atoms with Crippen LogP contribution in [0.3, 0.4) is 0 Å². The number of rotatable bonds is 4. The van der Waals surface area contributed by atoms with Crippen LogP contribution in [0.1, 0.15) is 31.5 Å². The topological polar surface area (TPSA) is 77.8 Å². The Bertz CT molecular complexity index is 839. The fraction of sp³-hybridized carbons (Fsp3) is 0.474. The molecule has 0 unspecified atom stereocenters. The maximum atomic E-state index is 13.1. The predicted molar refractivity (Wildman–Crippen MR) is 90.8 cm³/mol. The van der Waals surface area contributed by atoms with Crippen molar-refractivity contribution in [3.05, 3.63) is 30.5 Å². The lowest BCUT2D eigenvalue weighted by molar-refractivity contribution is -0.144. The fourth-order valence-corrected chi connectivity index (χ4v) is 4.12. The van der Waals surface area contributed by atoms with E-state index in [2.05, 4.69) is 0 Å². The van der Waals surface area contributed by atoms with Crippen LogP contribution in [0.5, 0.6) is 5.75 Å². The van der Waals surface area contributed by atoms with Crippen molar-refractivity contribution in [2.45, 2.75) is 45.0 Å². The second-order valence-corrected chi connectivity index (χ2v) is 7.09. The third kappa shape index (κ3) is 2.61. The molecule has 0 saturated carbocycles. The minimum atomic E-state index is -0.949. The van der Waals surface area contributed by atoms with Crippen LogP contribution >= 0.6 is 0 Å². The predicted octanol–water partition coefficient (Wildman–Crippen LogP) is 2.95. The van der Waals surface area contributed by atoms with E-state index in [1.807, 2.05) is 38.1 Å². The summed E-state index contributed by atoms with van der Waals surface area (Å²) in [6.45, 7) is 3.92. The van der Waals surface area contributed by atoms with Crippen molar-refractivity contribution in [3.63, 3.8) is 0 Å². The summed E-state index contributed by atoms with van der Waals surface area (Å²) in [5.74, 6) is -1.79. The Morgan fingerprint density at radius 1 is 1.20 bits per heavy atom. The van der Waals surface area contributed by atoms with Crippen LogP contribution in [0.15, 0.2) is 30.5 Å². The average Bonchev–Trinajstić information content (AvgIpc) is 3.26. The summed E-state index contributed by atoms with van der Waals surface area (Å²) < 4.78 is 13.0. The molecule has 1 N–H and O–H groups in total. The Labute approximate surface area is 145 Å². The molecule has 2 aliphatic rings. The van der Waals surface area contributed by atoms with E-state index < -0.39 is 17.8 Å². The van der Waals surface area contributed by atoms with Crippen molar-refractivity contribution >= 4 is 22.8 Å². The lowest BCUT2D eigenvalue weighted by Crippen LogP contribution is -2.40. The number of fused-ring (bicyclic) bond motifs is 3. The van der Waals surface area contributed by atoms with Gasteiger partial charge in [0.05, 0.1) is 35.7 Å². The van der Waals surface area contributed by atoms with Gasteiger partial charge in [0.25, 0.3) is 0 Å². The summed E-state index contributed by atoms with van der Waals surface area (Å²) in [6, 6.07) is 7.42. The first kappa shape index (κ1) is 16.1. The summed E-state index contributed by atoms with van der Waals surface area (Å²) in [5.41, 5.74) is 0.757. The average molecular weight is 343 g/mol. The van der Waals surface area contributed by atoms with Crippen LogP contribution in [0.2, 0.25) is 0 Å². The molecule has 6 heteroatoms. The monoisotopic (exact) mass is 343 g/mol. The maximum Gasteiger partial charge on any atom is 0.310 e. The molecule has 4 rings (SSSR count). The van der Waals surface area contributed by atoms with Crippen molar-refractivity contribution in [3.8, 4) is 5.75 Å². The minimum absolute atomic E-state index is 0.0729. The quantitative estimate of drug-likeness (QED) is 0.923. The summed E-state index contributed by atoms with van der Waals surface area (Å²) >= 11 is 0. The van der Waals surface area contributed by atoms with E-state index in [1.165, 1.54) is 0 Å². The molecular formula is C19H21NO5. The zero-order chi connectivity index (χ0) is 17.7. The van der Waals surface area contributed by atoms with Crippen LogP contribution in [0.25, 0.3) is 10.9 Å². The lowest BCUT2D eigenvalue weighted by atomic mass is 9.78. The highest BCUT2D eigenvalue weighted by Gasteiger charge is 2.55. The van der Waals surface area contributed by atoms with E-state index in [9.17, 15) is 14.7 Å². The van der Waals surface area contributed by atoms with Crippen LogP contribution in [-0.4, -0.2) is 39.9 Å². The standard InChI is InChI=1S/C19H21NO5/c1-10(2)24-12-3-4-13-11(9-12)7-8-20(13)18(21)16-14-5-6-15(25-14)17(16)19(22)23/h3-4,7-10,14-17H,5-6H2,1-2H3,(H,22,23)/t14-,15+,16-,17+/m1/s1. The number of ether oxygens (including phenoxy) is 2. The smallest absolute Gasteiger partial charge is 0.310 e. The highest BCUT2D eigenvalue weighted by Crippen LogP contribution is 2.44. The van der Waals surface area contributed by atoms with E-state index in [0.29, 0.717) is 6.42 Å². The SMILES string of the molecule is CC(C)Oc1ccc2c(ccn2C(=O)[C@H]2[C@@H](C(=O)O)[C@@H]3CC[C@H]2O3)c1. The molecule has 0 amide bonds. The number of benzene rings is 1. The van der Waals surface area contributed by atoms with Gasteiger partial charge in [0.2, 0.25) is 5.91 Å². The van der Waals surface area contributed by atoms with Crippen molar-refractivity contribution in [1.82, 2.24) is 4.57 Å². The van der Waals surface area contributed by atoms with Gasteiger partial charge in [-0.3, -0.25) is 14.2 Å². The van der Waals surface area contributed by atoms with E-state index >= 15 is 0 Å². The van der Waals surface area contributed by atoms with Gasteiger partial charge in [0.15, 0.2) is 0 Å². The number of carboxylic acid groups (broad SMARTS) is 1. The van der Waals surface area contributed by atoms with Gasteiger partial charge in [-0.1, -0.05) is 0 Å². The number of carbonyl (C=O) groups excluding carboxylic acids is 1. The molecule has 0 aliphatic carbocycles. The zero-order valence-corrected chi connectivity index (χ0v) is 14.2. The van der Waals surface area contributed by atoms with Gasteiger partial charge in [-0.05, 0) is 51.0 Å². The summed E-state index contributed by atoms with van der Waals surface area (Å²) in [6.07, 6.45) is 2.61. The molecule has 1 aromatic heterocycles. The van der Waals surface area contributed by atoms with Gasteiger partial charge < -0.3 is 14.6 Å². The van der Waals surface area contributed by atoms with Crippen LogP contribution < -0.4 is 4.74 Å². The van der Waals surface area contributed by atoms with Crippen LogP contribution in [-0.2, 0) is 9.53 Å². The van der Waals surface area contributed by atoms with E-state index in [-0.39, 0.29) is 24.2 Å². The molecule has 4 atom stereocenters. The molecule has 2 aromatic rings. The van der Waals surface area contributed by atoms with Crippen LogP contribution in [0.4, 0.5) is 0 Å². The molecule has 2 aliphatic heterocycles. The normalized spacial score (nSPS) is 28.0. The molecule has 2 saturated heterocycles. The van der Waals surface area contributed by atoms with Crippen molar-refractivity contribution in [2.75, 3.05) is 0 Å². The van der Waals surface area contributed by atoms with E-state index in [4.69, 9.17) is 9.47 Å². The third-order valence-corrected chi connectivity index (χ3v) is 5.11. The number of aliphatic carboxylic acids is 1. The molecule has 6 nitrogen and oxygen atoms in total. The fourth-order valence-electron chi connectivity index (χ4n) is 4.12. The van der Waals surface area contributed by atoms with Gasteiger partial charge in [-0.15, -0.1) is 0 Å². The van der Waals surface area contributed by atoms with Gasteiger partial charge in [0, 0.05) is 11.6 Å². The van der Waals surface area contributed by atoms with Crippen molar-refractivity contribution in [1.29, 1.82) is 0 Å². The van der Waals surface area contributed by atoms with Gasteiger partial charge in [0.1, 0.15) is 5.75 Å². The highest BCUT2D eigenvalue weighted by molar-refractivity contribution is 5.96. The second-order valence-electron chi connectivity index (χ2n) is 7.09. The van der Waals surface area contributed by atoms with Crippen molar-refractivity contribution < 1.29 is 24.2 Å². The minimum Gasteiger partial charge on any atom is -0.491 e. The summed E-state index contributed by atoms with van der Waals surface area (Å²) in [7, 11) is 0. The molecule has 2 fully saturated rings. The molecule has 3 heterocycles. The summed E-state index contributed by atoms with van der Waals surface area (Å²) in [5, 5.41) is 10.4. The second kappa shape index (κ2) is 5.88. The number of nitrogens with zero attached hydrogens (tertiary/aromatic N) is 1. The van der Waals surface area contributed by atoms with E-state index in [1.54, 1.807) is 10.8 Å². The number of hydrogen-bond donors (Lipinski definition) is 1. The molecular weight excluding hydrogens is 322 g/mol. The first-order valence-electron chi connectivity index (χ1n) is 8.66. The zero-order valence-electron chi connectivity index (χ0n) is 14.2. The molecule has 2 bridgehead atoms. The van der Waals surface area contributed by atoms with Crippen molar-refractivity contribution in [2.24, 2.45) is 11.8 Å². The third-order valence-electron chi connectivity index (χ3n) is 5.11. The van der Waals surface area contributed by atoms with Gasteiger partial charge >= 0.3 is 5.97 Å². The lowest BCUT2D eigenvalue weighted by Gasteiger charge is -2.24. The van der Waals surface area contributed by atoms with Crippen LogP contribution in [0, 0.1) is 11.8 Å². The van der Waals surface area contributed by atoms with E-state index in [0.717, 1.165) is 23.1 Å². The molecule has 132 valence electrons. The molecule has 1 aromatic carbocycles. The first-order chi connectivity index (χ1) is 12.0. The number of carbonyl (C=O) groups is 2. The Morgan fingerprint density at radius 3 is 2.60 bits per heavy atom. The van der Waals surface area contributed by atoms with Gasteiger partial charge in [-0.25, -0.2) is 0 Å². The van der Waals surface area contributed by atoms with Gasteiger partial charge in [-0.2, -0.15) is 0 Å². The molecule has 25 heavy (non-hydrogen) atoms. The number of hydrogen-bond acceptors (Lipinski definition) is 4. The highest BCUT2D eigenvalue weighted by atomic mass is 16.5. The number of aromatic nitrogens is 1. The molecule has 0 radical (unpaired) electrons. The number of carboxylic acids is 1. The Hall–Kier alpha value is -2.34. The maximum absolute atomic E-state index is 13.1. The first-order valence-corrected chi connectivity index (χ1v) is 8.66. The Kier molecular flexibility index (Phi) is 3.80. The largest absolute Gasteiger partial charge is 0.491 e.